The Balaban J connectivity index is 0.00000423. The molecule has 7 heteroatoms. The average molecular weight is 599 g/mol. The number of carboxylic acids is 1. The smallest absolute Gasteiger partial charge is 0.353 e. The Morgan fingerprint density at radius 3 is 1.93 bits per heavy atom. The van der Waals surface area contributed by atoms with E-state index in [1.165, 1.54) is 5.56 Å². The van der Waals surface area contributed by atoms with Gasteiger partial charge in [-0.2, -0.15) is 0 Å². The predicted octanol–water partition coefficient (Wildman–Crippen LogP) is 9.35. The number of aromatic nitrogens is 2. The van der Waals surface area contributed by atoms with Crippen LogP contribution in [0.15, 0.2) is 85.1 Å². The number of aromatic carboxylic acids is 1. The number of rotatable bonds is 8. The molecule has 0 amide bonds. The molecular formula is C36H39ClN2O4. The summed E-state index contributed by atoms with van der Waals surface area (Å²) in [6.45, 7) is 14.4. The average Bonchev–Trinajstić information content (AvgIpc) is 3.28. The van der Waals surface area contributed by atoms with E-state index in [0.717, 1.165) is 33.3 Å². The minimum Gasteiger partial charge on any atom is -0.491 e. The van der Waals surface area contributed by atoms with Crippen LogP contribution >= 0.6 is 12.4 Å². The SMILES string of the molecule is CC(C)Oc1ccc(-c2c(C(=O)O)n(-c3ccc(OC(C)C)nc3)c3ccc(-c4ccc(C(C)(C)C)cc4)cc23)cc1.Cl. The molecule has 0 unspecified atom stereocenters. The van der Waals surface area contributed by atoms with Gasteiger partial charge < -0.3 is 19.1 Å². The van der Waals surface area contributed by atoms with Crippen LogP contribution in [0.25, 0.3) is 38.8 Å². The van der Waals surface area contributed by atoms with Crippen molar-refractivity contribution in [1.29, 1.82) is 0 Å². The van der Waals surface area contributed by atoms with Crippen molar-refractivity contribution in [3.8, 4) is 39.6 Å². The van der Waals surface area contributed by atoms with Gasteiger partial charge in [-0.3, -0.25) is 0 Å². The molecule has 0 atom stereocenters. The lowest BCUT2D eigenvalue weighted by molar-refractivity contribution is 0.0689. The molecule has 5 rings (SSSR count). The summed E-state index contributed by atoms with van der Waals surface area (Å²) in [5.74, 6) is 0.199. The highest BCUT2D eigenvalue weighted by atomic mass is 35.5. The van der Waals surface area contributed by atoms with Crippen LogP contribution in [0.5, 0.6) is 11.6 Å². The number of hydrogen-bond acceptors (Lipinski definition) is 4. The second-order valence-corrected chi connectivity index (χ2v) is 12.1. The maximum absolute atomic E-state index is 13.0. The molecule has 0 saturated heterocycles. The first kappa shape index (κ1) is 31.6. The van der Waals surface area contributed by atoms with E-state index in [-0.39, 0.29) is 35.7 Å². The van der Waals surface area contributed by atoms with Gasteiger partial charge in [0.2, 0.25) is 5.88 Å². The molecule has 0 aliphatic heterocycles. The second kappa shape index (κ2) is 12.5. The number of halogens is 1. The molecule has 0 bridgehead atoms. The minimum atomic E-state index is -1.03. The van der Waals surface area contributed by atoms with Gasteiger partial charge >= 0.3 is 5.97 Å². The molecule has 2 aromatic heterocycles. The Labute approximate surface area is 259 Å². The molecule has 0 saturated carbocycles. The van der Waals surface area contributed by atoms with E-state index in [4.69, 9.17) is 9.47 Å². The molecule has 5 aromatic rings. The number of benzene rings is 3. The van der Waals surface area contributed by atoms with Crippen molar-refractivity contribution in [2.45, 2.75) is 66.1 Å². The number of pyridine rings is 1. The standard InChI is InChI=1S/C36H38N2O4.ClH/c1-22(2)41-29-16-10-25(11-17-29)33-30-20-26(24-8-13-27(14-9-24)36(5,6)7)12-18-31(30)38(34(33)35(39)40)28-15-19-32(37-21-28)42-23(3)4;/h8-23H,1-7H3,(H,39,40);1H. The van der Waals surface area contributed by atoms with Gasteiger partial charge in [0.05, 0.1) is 29.6 Å². The van der Waals surface area contributed by atoms with E-state index >= 15 is 0 Å². The zero-order valence-corrected chi connectivity index (χ0v) is 26.5. The number of carboxylic acid groups (broad SMARTS) is 1. The summed E-state index contributed by atoms with van der Waals surface area (Å²) in [6, 6.07) is 25.9. The van der Waals surface area contributed by atoms with Gasteiger partial charge in [-0.25, -0.2) is 9.78 Å². The van der Waals surface area contributed by atoms with Crippen molar-refractivity contribution in [2.75, 3.05) is 0 Å². The quantitative estimate of drug-likeness (QED) is 0.193. The maximum Gasteiger partial charge on any atom is 0.353 e. The van der Waals surface area contributed by atoms with Crippen molar-refractivity contribution in [1.82, 2.24) is 9.55 Å². The molecule has 0 aliphatic carbocycles. The van der Waals surface area contributed by atoms with Crippen molar-refractivity contribution in [2.24, 2.45) is 0 Å². The van der Waals surface area contributed by atoms with Crippen molar-refractivity contribution < 1.29 is 19.4 Å². The zero-order valence-electron chi connectivity index (χ0n) is 25.7. The van der Waals surface area contributed by atoms with Crippen LogP contribution in [0.2, 0.25) is 0 Å². The van der Waals surface area contributed by atoms with Crippen LogP contribution < -0.4 is 9.47 Å². The van der Waals surface area contributed by atoms with Crippen LogP contribution in [0.3, 0.4) is 0 Å². The van der Waals surface area contributed by atoms with Gasteiger partial charge in [0.25, 0.3) is 0 Å². The second-order valence-electron chi connectivity index (χ2n) is 12.1. The normalized spacial score (nSPS) is 11.6. The van der Waals surface area contributed by atoms with Crippen LogP contribution in [0, 0.1) is 0 Å². The molecule has 0 radical (unpaired) electrons. The van der Waals surface area contributed by atoms with Crippen LogP contribution in [-0.2, 0) is 5.41 Å². The van der Waals surface area contributed by atoms with Crippen molar-refractivity contribution in [3.05, 3.63) is 96.3 Å². The first-order valence-corrected chi connectivity index (χ1v) is 14.3. The summed E-state index contributed by atoms with van der Waals surface area (Å²) in [5.41, 5.74) is 6.41. The number of hydrogen-bond donors (Lipinski definition) is 1. The Morgan fingerprint density at radius 1 is 0.791 bits per heavy atom. The summed E-state index contributed by atoms with van der Waals surface area (Å²) in [5, 5.41) is 11.5. The molecule has 0 spiro atoms. The van der Waals surface area contributed by atoms with E-state index < -0.39 is 5.97 Å². The van der Waals surface area contributed by atoms with E-state index in [1.807, 2.05) is 70.2 Å². The molecule has 3 aromatic carbocycles. The summed E-state index contributed by atoms with van der Waals surface area (Å²) in [6.07, 6.45) is 1.68. The van der Waals surface area contributed by atoms with E-state index in [0.29, 0.717) is 17.1 Å². The molecular weight excluding hydrogens is 560 g/mol. The summed E-state index contributed by atoms with van der Waals surface area (Å²) >= 11 is 0. The Kier molecular flexibility index (Phi) is 9.21. The molecule has 0 aliphatic rings. The Morgan fingerprint density at radius 2 is 1.40 bits per heavy atom. The molecule has 6 nitrogen and oxygen atoms in total. The molecule has 0 fully saturated rings. The lowest BCUT2D eigenvalue weighted by Crippen LogP contribution is -2.10. The summed E-state index contributed by atoms with van der Waals surface area (Å²) < 4.78 is 13.3. The van der Waals surface area contributed by atoms with Gasteiger partial charge in [0.1, 0.15) is 11.4 Å². The predicted molar refractivity (Wildman–Crippen MR) is 176 cm³/mol. The lowest BCUT2D eigenvalue weighted by Gasteiger charge is -2.19. The fourth-order valence-electron chi connectivity index (χ4n) is 5.18. The van der Waals surface area contributed by atoms with E-state index in [1.54, 1.807) is 16.8 Å². The molecule has 224 valence electrons. The summed E-state index contributed by atoms with van der Waals surface area (Å²) in [7, 11) is 0. The lowest BCUT2D eigenvalue weighted by atomic mass is 9.86. The minimum absolute atomic E-state index is 0. The van der Waals surface area contributed by atoms with Gasteiger partial charge in [0.15, 0.2) is 0 Å². The third-order valence-electron chi connectivity index (χ3n) is 7.10. The highest BCUT2D eigenvalue weighted by molar-refractivity contribution is 6.10. The van der Waals surface area contributed by atoms with Crippen LogP contribution in [0.1, 0.15) is 64.5 Å². The first-order valence-electron chi connectivity index (χ1n) is 14.3. The highest BCUT2D eigenvalue weighted by Gasteiger charge is 2.25. The molecule has 43 heavy (non-hydrogen) atoms. The largest absolute Gasteiger partial charge is 0.491 e. The molecule has 2 heterocycles. The van der Waals surface area contributed by atoms with Gasteiger partial charge in [-0.15, -0.1) is 12.4 Å². The van der Waals surface area contributed by atoms with Crippen molar-refractivity contribution >= 4 is 29.3 Å². The number of nitrogens with zero attached hydrogens (tertiary/aromatic N) is 2. The van der Waals surface area contributed by atoms with Crippen molar-refractivity contribution in [3.63, 3.8) is 0 Å². The maximum atomic E-state index is 13.0. The van der Waals surface area contributed by atoms with Gasteiger partial charge in [-0.1, -0.05) is 63.2 Å². The van der Waals surface area contributed by atoms with Gasteiger partial charge in [-0.05, 0) is 85.7 Å². The fourth-order valence-corrected chi connectivity index (χ4v) is 5.18. The fraction of sp³-hybridized carbons (Fsp3) is 0.278. The van der Waals surface area contributed by atoms with E-state index in [9.17, 15) is 9.90 Å². The Bertz CT molecular complexity index is 1710. The van der Waals surface area contributed by atoms with E-state index in [2.05, 4.69) is 56.1 Å². The number of ether oxygens (including phenoxy) is 2. The highest BCUT2D eigenvalue weighted by Crippen LogP contribution is 2.40. The molecule has 1 N–H and O–H groups in total. The third-order valence-corrected chi connectivity index (χ3v) is 7.10. The number of fused-ring (bicyclic) bond motifs is 1. The zero-order chi connectivity index (χ0) is 30.2. The van der Waals surface area contributed by atoms with Crippen LogP contribution in [0.4, 0.5) is 0 Å². The van der Waals surface area contributed by atoms with Gasteiger partial charge in [0, 0.05) is 17.0 Å². The van der Waals surface area contributed by atoms with Crippen LogP contribution in [-0.4, -0.2) is 32.8 Å². The topological polar surface area (TPSA) is 73.6 Å². The monoisotopic (exact) mass is 598 g/mol. The number of carbonyl (C=O) groups is 1. The summed E-state index contributed by atoms with van der Waals surface area (Å²) in [4.78, 5) is 17.4. The first-order chi connectivity index (χ1) is 19.9. The Hall–Kier alpha value is -4.29. The third kappa shape index (κ3) is 6.70.